The highest BCUT2D eigenvalue weighted by molar-refractivity contribution is 9.10. The largest absolute Gasteiger partial charge is 0.356 e. The van der Waals surface area contributed by atoms with Crippen molar-refractivity contribution in [2.75, 3.05) is 10.6 Å². The fourth-order valence-electron chi connectivity index (χ4n) is 1.93. The first-order valence-corrected chi connectivity index (χ1v) is 7.43. The van der Waals surface area contributed by atoms with Gasteiger partial charge in [-0.1, -0.05) is 15.9 Å². The summed E-state index contributed by atoms with van der Waals surface area (Å²) in [6, 6.07) is 15.8. The molecule has 102 valence electrons. The number of anilines is 3. The smallest absolute Gasteiger partial charge is 0.227 e. The zero-order valence-electron chi connectivity index (χ0n) is 10.9. The normalized spacial score (nSPS) is 13.8. The molecular formula is C16H15BrN2O. The molecule has 3 rings (SSSR count). The molecule has 1 saturated carbocycles. The van der Waals surface area contributed by atoms with E-state index in [1.165, 1.54) is 0 Å². The lowest BCUT2D eigenvalue weighted by Gasteiger charge is -2.08. The Morgan fingerprint density at radius 2 is 1.40 bits per heavy atom. The van der Waals surface area contributed by atoms with E-state index in [1.54, 1.807) is 0 Å². The number of carbonyl (C=O) groups excluding carboxylic acids is 1. The zero-order chi connectivity index (χ0) is 13.9. The van der Waals surface area contributed by atoms with Crippen LogP contribution in [0, 0.1) is 5.92 Å². The van der Waals surface area contributed by atoms with Gasteiger partial charge in [0.2, 0.25) is 5.91 Å². The summed E-state index contributed by atoms with van der Waals surface area (Å²) >= 11 is 3.41. The zero-order valence-corrected chi connectivity index (χ0v) is 12.5. The molecule has 0 saturated heterocycles. The molecule has 0 unspecified atom stereocenters. The highest BCUT2D eigenvalue weighted by Crippen LogP contribution is 2.30. The van der Waals surface area contributed by atoms with Crippen molar-refractivity contribution in [1.29, 1.82) is 0 Å². The lowest BCUT2D eigenvalue weighted by molar-refractivity contribution is -0.117. The average molecular weight is 331 g/mol. The van der Waals surface area contributed by atoms with Crippen LogP contribution in [0.3, 0.4) is 0 Å². The molecular weight excluding hydrogens is 316 g/mol. The van der Waals surface area contributed by atoms with Crippen LogP contribution in [-0.2, 0) is 4.79 Å². The van der Waals surface area contributed by atoms with Gasteiger partial charge in [-0.05, 0) is 61.4 Å². The van der Waals surface area contributed by atoms with Crippen molar-refractivity contribution in [3.05, 3.63) is 53.0 Å². The predicted octanol–water partition coefficient (Wildman–Crippen LogP) is 4.54. The Balaban J connectivity index is 1.63. The van der Waals surface area contributed by atoms with Crippen LogP contribution < -0.4 is 10.6 Å². The van der Waals surface area contributed by atoms with E-state index < -0.39 is 0 Å². The van der Waals surface area contributed by atoms with Crippen molar-refractivity contribution in [3.63, 3.8) is 0 Å². The molecule has 1 aliphatic rings. The second kappa shape index (κ2) is 5.67. The summed E-state index contributed by atoms with van der Waals surface area (Å²) in [5.74, 6) is 0.370. The Kier molecular flexibility index (Phi) is 3.74. The van der Waals surface area contributed by atoms with Crippen LogP contribution in [0.1, 0.15) is 12.8 Å². The topological polar surface area (TPSA) is 41.1 Å². The van der Waals surface area contributed by atoms with E-state index in [0.29, 0.717) is 0 Å². The monoisotopic (exact) mass is 330 g/mol. The van der Waals surface area contributed by atoms with E-state index in [9.17, 15) is 4.79 Å². The number of amides is 1. The Morgan fingerprint density at radius 3 is 1.95 bits per heavy atom. The van der Waals surface area contributed by atoms with Crippen molar-refractivity contribution < 1.29 is 4.79 Å². The van der Waals surface area contributed by atoms with Crippen molar-refractivity contribution in [2.24, 2.45) is 5.92 Å². The molecule has 0 bridgehead atoms. The van der Waals surface area contributed by atoms with Gasteiger partial charge < -0.3 is 10.6 Å². The Bertz CT molecular complexity index is 603. The van der Waals surface area contributed by atoms with Gasteiger partial charge in [-0.2, -0.15) is 0 Å². The number of hydrogen-bond donors (Lipinski definition) is 2. The summed E-state index contributed by atoms with van der Waals surface area (Å²) in [6.07, 6.45) is 2.05. The molecule has 0 heterocycles. The van der Waals surface area contributed by atoms with Crippen LogP contribution in [0.15, 0.2) is 53.0 Å². The Morgan fingerprint density at radius 1 is 0.900 bits per heavy atom. The van der Waals surface area contributed by atoms with Crippen molar-refractivity contribution in [3.8, 4) is 0 Å². The molecule has 2 aromatic carbocycles. The molecule has 1 fully saturated rings. The Labute approximate surface area is 126 Å². The number of rotatable bonds is 4. The molecule has 2 N–H and O–H groups in total. The SMILES string of the molecule is O=C(Nc1ccc(Nc2ccc(Br)cc2)cc1)C1CC1. The predicted molar refractivity (Wildman–Crippen MR) is 85.2 cm³/mol. The van der Waals surface area contributed by atoms with Crippen LogP contribution in [0.4, 0.5) is 17.1 Å². The molecule has 20 heavy (non-hydrogen) atoms. The van der Waals surface area contributed by atoms with Crippen LogP contribution in [-0.4, -0.2) is 5.91 Å². The van der Waals surface area contributed by atoms with Gasteiger partial charge in [-0.25, -0.2) is 0 Å². The molecule has 0 aliphatic heterocycles. The summed E-state index contributed by atoms with van der Waals surface area (Å²) in [5.41, 5.74) is 2.88. The first-order valence-electron chi connectivity index (χ1n) is 6.64. The minimum atomic E-state index is 0.138. The number of nitrogens with one attached hydrogen (secondary N) is 2. The highest BCUT2D eigenvalue weighted by Gasteiger charge is 2.29. The standard InChI is InChI=1S/C16H15BrN2O/c17-12-3-5-13(6-4-12)18-14-7-9-15(10-8-14)19-16(20)11-1-2-11/h3-11,18H,1-2H2,(H,19,20). The first kappa shape index (κ1) is 13.2. The molecule has 0 spiro atoms. The number of carbonyl (C=O) groups is 1. The lowest BCUT2D eigenvalue weighted by atomic mass is 10.2. The van der Waals surface area contributed by atoms with E-state index in [2.05, 4.69) is 26.6 Å². The third-order valence-corrected chi connectivity index (χ3v) is 3.76. The molecule has 1 amide bonds. The van der Waals surface area contributed by atoms with Crippen LogP contribution in [0.2, 0.25) is 0 Å². The molecule has 1 aliphatic carbocycles. The molecule has 0 radical (unpaired) electrons. The molecule has 4 heteroatoms. The number of halogens is 1. The fraction of sp³-hybridized carbons (Fsp3) is 0.188. The van der Waals surface area contributed by atoms with Gasteiger partial charge in [0.05, 0.1) is 0 Å². The highest BCUT2D eigenvalue weighted by atomic mass is 79.9. The number of hydrogen-bond acceptors (Lipinski definition) is 2. The lowest BCUT2D eigenvalue weighted by Crippen LogP contribution is -2.13. The number of benzene rings is 2. The first-order chi connectivity index (χ1) is 9.70. The summed E-state index contributed by atoms with van der Waals surface area (Å²) < 4.78 is 1.06. The second-order valence-corrected chi connectivity index (χ2v) is 5.89. The van der Waals surface area contributed by atoms with Crippen LogP contribution >= 0.6 is 15.9 Å². The third kappa shape index (κ3) is 3.39. The maximum atomic E-state index is 11.7. The third-order valence-electron chi connectivity index (χ3n) is 3.23. The van der Waals surface area contributed by atoms with E-state index in [1.807, 2.05) is 48.5 Å². The van der Waals surface area contributed by atoms with Gasteiger partial charge in [-0.3, -0.25) is 4.79 Å². The second-order valence-electron chi connectivity index (χ2n) is 4.97. The maximum absolute atomic E-state index is 11.7. The summed E-state index contributed by atoms with van der Waals surface area (Å²) in [4.78, 5) is 11.7. The summed E-state index contributed by atoms with van der Waals surface area (Å²) in [7, 11) is 0. The van der Waals surface area contributed by atoms with E-state index in [0.717, 1.165) is 34.4 Å². The van der Waals surface area contributed by atoms with Crippen LogP contribution in [0.5, 0.6) is 0 Å². The quantitative estimate of drug-likeness (QED) is 0.863. The minimum Gasteiger partial charge on any atom is -0.356 e. The minimum absolute atomic E-state index is 0.138. The van der Waals surface area contributed by atoms with Crippen molar-refractivity contribution in [1.82, 2.24) is 0 Å². The van der Waals surface area contributed by atoms with Gasteiger partial charge in [0, 0.05) is 27.5 Å². The van der Waals surface area contributed by atoms with Gasteiger partial charge in [-0.15, -0.1) is 0 Å². The summed E-state index contributed by atoms with van der Waals surface area (Å²) in [6.45, 7) is 0. The molecule has 0 aromatic heterocycles. The summed E-state index contributed by atoms with van der Waals surface area (Å²) in [5, 5.41) is 6.24. The maximum Gasteiger partial charge on any atom is 0.227 e. The van der Waals surface area contributed by atoms with E-state index >= 15 is 0 Å². The van der Waals surface area contributed by atoms with Gasteiger partial charge >= 0.3 is 0 Å². The molecule has 2 aromatic rings. The van der Waals surface area contributed by atoms with Gasteiger partial charge in [0.1, 0.15) is 0 Å². The van der Waals surface area contributed by atoms with E-state index in [4.69, 9.17) is 0 Å². The van der Waals surface area contributed by atoms with Crippen molar-refractivity contribution >= 4 is 38.9 Å². The van der Waals surface area contributed by atoms with Gasteiger partial charge in [0.25, 0.3) is 0 Å². The van der Waals surface area contributed by atoms with Crippen molar-refractivity contribution in [2.45, 2.75) is 12.8 Å². The molecule has 0 atom stereocenters. The average Bonchev–Trinajstić information content (AvgIpc) is 3.28. The Hall–Kier alpha value is -1.81. The van der Waals surface area contributed by atoms with Crippen LogP contribution in [0.25, 0.3) is 0 Å². The van der Waals surface area contributed by atoms with Gasteiger partial charge in [0.15, 0.2) is 0 Å². The molecule has 3 nitrogen and oxygen atoms in total. The fourth-order valence-corrected chi connectivity index (χ4v) is 2.19. The van der Waals surface area contributed by atoms with E-state index in [-0.39, 0.29) is 11.8 Å².